The van der Waals surface area contributed by atoms with Gasteiger partial charge >= 0.3 is 0 Å². The third-order valence-corrected chi connectivity index (χ3v) is 4.88. The molecule has 4 heteroatoms. The quantitative estimate of drug-likeness (QED) is 0.866. The molecule has 2 N–H and O–H groups in total. The minimum absolute atomic E-state index is 0.389. The molecule has 0 spiro atoms. The summed E-state index contributed by atoms with van der Waals surface area (Å²) in [6.07, 6.45) is 4.78. The maximum absolute atomic E-state index is 6.10. The van der Waals surface area contributed by atoms with Crippen LogP contribution >= 0.6 is 15.9 Å². The van der Waals surface area contributed by atoms with E-state index in [9.17, 15) is 0 Å². The molecule has 2 atom stereocenters. The van der Waals surface area contributed by atoms with Crippen LogP contribution in [0.25, 0.3) is 0 Å². The topological polar surface area (TPSA) is 42.2 Å². The molecule has 3 nitrogen and oxygen atoms in total. The zero-order valence-electron chi connectivity index (χ0n) is 10.1. The van der Waals surface area contributed by atoms with Crippen molar-refractivity contribution in [3.8, 4) is 0 Å². The van der Waals surface area contributed by atoms with Crippen LogP contribution in [0.2, 0.25) is 0 Å². The zero-order valence-corrected chi connectivity index (χ0v) is 11.7. The lowest BCUT2D eigenvalue weighted by Crippen LogP contribution is -2.47. The Labute approximate surface area is 111 Å². The third-order valence-electron chi connectivity index (χ3n) is 4.04. The molecule has 2 bridgehead atoms. The number of hydrogen-bond acceptors (Lipinski definition) is 3. The summed E-state index contributed by atoms with van der Waals surface area (Å²) in [7, 11) is 0. The van der Waals surface area contributed by atoms with Crippen LogP contribution in [0.1, 0.15) is 31.4 Å². The van der Waals surface area contributed by atoms with E-state index in [1.54, 1.807) is 0 Å². The maximum atomic E-state index is 6.10. The van der Waals surface area contributed by atoms with Gasteiger partial charge in [0.25, 0.3) is 0 Å². The first kappa shape index (κ1) is 11.5. The van der Waals surface area contributed by atoms with E-state index >= 15 is 0 Å². The van der Waals surface area contributed by atoms with E-state index in [0.717, 1.165) is 28.8 Å². The number of aromatic nitrogens is 1. The van der Waals surface area contributed by atoms with Crippen molar-refractivity contribution in [2.45, 2.75) is 50.7 Å². The fourth-order valence-corrected chi connectivity index (χ4v) is 3.49. The van der Waals surface area contributed by atoms with Gasteiger partial charge in [0.05, 0.1) is 5.69 Å². The molecular formula is C13H18BrN3. The van der Waals surface area contributed by atoms with Crippen molar-refractivity contribution in [2.75, 3.05) is 4.90 Å². The van der Waals surface area contributed by atoms with Gasteiger partial charge in [0.15, 0.2) is 0 Å². The highest BCUT2D eigenvalue weighted by Gasteiger charge is 2.40. The second kappa shape index (κ2) is 4.25. The second-order valence-electron chi connectivity index (χ2n) is 5.26. The Hall–Kier alpha value is -0.610. The number of piperidine rings is 1. The van der Waals surface area contributed by atoms with E-state index in [1.165, 1.54) is 12.8 Å². The predicted molar refractivity (Wildman–Crippen MR) is 73.2 cm³/mol. The Morgan fingerprint density at radius 2 is 1.94 bits per heavy atom. The van der Waals surface area contributed by atoms with Crippen molar-refractivity contribution in [1.82, 2.24) is 4.98 Å². The van der Waals surface area contributed by atoms with Crippen LogP contribution in [0.4, 0.5) is 5.82 Å². The summed E-state index contributed by atoms with van der Waals surface area (Å²) >= 11 is 3.51. The molecule has 1 aromatic rings. The maximum Gasteiger partial charge on any atom is 0.129 e. The number of aryl methyl sites for hydroxylation is 1. The molecule has 1 aromatic heterocycles. The number of hydrogen-bond donors (Lipinski definition) is 1. The minimum Gasteiger partial charge on any atom is -0.351 e. The summed E-state index contributed by atoms with van der Waals surface area (Å²) in [5.41, 5.74) is 7.16. The zero-order chi connectivity index (χ0) is 12.0. The van der Waals surface area contributed by atoms with Crippen molar-refractivity contribution in [3.05, 3.63) is 22.3 Å². The Balaban J connectivity index is 1.92. The van der Waals surface area contributed by atoms with Gasteiger partial charge in [0, 0.05) is 22.6 Å². The first-order chi connectivity index (χ1) is 8.15. The van der Waals surface area contributed by atoms with Crippen LogP contribution in [0.3, 0.4) is 0 Å². The van der Waals surface area contributed by atoms with Crippen molar-refractivity contribution in [3.63, 3.8) is 0 Å². The number of nitrogens with zero attached hydrogens (tertiary/aromatic N) is 2. The van der Waals surface area contributed by atoms with Crippen molar-refractivity contribution in [2.24, 2.45) is 5.73 Å². The molecule has 2 saturated heterocycles. The minimum atomic E-state index is 0.389. The van der Waals surface area contributed by atoms with Crippen LogP contribution in [-0.2, 0) is 0 Å². The fourth-order valence-electron chi connectivity index (χ4n) is 3.27. The van der Waals surface area contributed by atoms with E-state index in [1.807, 2.05) is 6.92 Å². The molecule has 0 aliphatic carbocycles. The molecule has 2 unspecified atom stereocenters. The van der Waals surface area contributed by atoms with Crippen LogP contribution in [0.5, 0.6) is 0 Å². The fraction of sp³-hybridized carbons (Fsp3) is 0.615. The Morgan fingerprint density at radius 3 is 2.53 bits per heavy atom. The number of pyridine rings is 1. The SMILES string of the molecule is Cc1nc(N2C3CCC2CC(N)C3)ccc1Br. The Bertz CT molecular complexity index is 421. The highest BCUT2D eigenvalue weighted by Crippen LogP contribution is 2.38. The normalized spacial score (nSPS) is 31.9. The average Bonchev–Trinajstić information content (AvgIpc) is 2.55. The molecule has 0 amide bonds. The Morgan fingerprint density at radius 1 is 1.29 bits per heavy atom. The summed E-state index contributed by atoms with van der Waals surface area (Å²) in [6, 6.07) is 5.83. The van der Waals surface area contributed by atoms with Gasteiger partial charge in [-0.3, -0.25) is 0 Å². The number of anilines is 1. The van der Waals surface area contributed by atoms with Gasteiger partial charge in [-0.15, -0.1) is 0 Å². The van der Waals surface area contributed by atoms with Gasteiger partial charge < -0.3 is 10.6 Å². The van der Waals surface area contributed by atoms with Gasteiger partial charge in [0.1, 0.15) is 5.82 Å². The lowest BCUT2D eigenvalue weighted by molar-refractivity contribution is 0.412. The third kappa shape index (κ3) is 1.97. The molecule has 2 aliphatic heterocycles. The molecule has 0 radical (unpaired) electrons. The van der Waals surface area contributed by atoms with Gasteiger partial charge in [-0.2, -0.15) is 0 Å². The van der Waals surface area contributed by atoms with Gasteiger partial charge in [-0.05, 0) is 60.7 Å². The van der Waals surface area contributed by atoms with Crippen LogP contribution < -0.4 is 10.6 Å². The second-order valence-corrected chi connectivity index (χ2v) is 6.11. The molecule has 3 heterocycles. The molecular weight excluding hydrogens is 278 g/mol. The largest absolute Gasteiger partial charge is 0.351 e. The number of nitrogens with two attached hydrogens (primary N) is 1. The average molecular weight is 296 g/mol. The predicted octanol–water partition coefficient (Wildman–Crippen LogP) is 2.61. The van der Waals surface area contributed by atoms with Crippen LogP contribution in [0.15, 0.2) is 16.6 Å². The Kier molecular flexibility index (Phi) is 2.87. The van der Waals surface area contributed by atoms with Gasteiger partial charge in [0.2, 0.25) is 0 Å². The molecule has 17 heavy (non-hydrogen) atoms. The van der Waals surface area contributed by atoms with Gasteiger partial charge in [-0.25, -0.2) is 4.98 Å². The number of halogens is 1. The first-order valence-corrected chi connectivity index (χ1v) is 7.11. The van der Waals surface area contributed by atoms with Crippen molar-refractivity contribution in [1.29, 1.82) is 0 Å². The van der Waals surface area contributed by atoms with E-state index in [2.05, 4.69) is 33.0 Å². The van der Waals surface area contributed by atoms with Gasteiger partial charge in [-0.1, -0.05) is 0 Å². The standard InChI is InChI=1S/C13H18BrN3/c1-8-12(14)4-5-13(16-8)17-10-2-3-11(17)7-9(15)6-10/h4-5,9-11H,2-3,6-7,15H2,1H3. The summed E-state index contributed by atoms with van der Waals surface area (Å²) in [5.74, 6) is 1.13. The van der Waals surface area contributed by atoms with Crippen LogP contribution in [-0.4, -0.2) is 23.1 Å². The summed E-state index contributed by atoms with van der Waals surface area (Å²) in [5, 5.41) is 0. The van der Waals surface area contributed by atoms with E-state index < -0.39 is 0 Å². The molecule has 2 fully saturated rings. The molecule has 0 aromatic carbocycles. The molecule has 0 saturated carbocycles. The molecule has 92 valence electrons. The smallest absolute Gasteiger partial charge is 0.129 e. The van der Waals surface area contributed by atoms with E-state index in [-0.39, 0.29) is 0 Å². The highest BCUT2D eigenvalue weighted by molar-refractivity contribution is 9.10. The molecule has 3 rings (SSSR count). The summed E-state index contributed by atoms with van der Waals surface area (Å²) < 4.78 is 1.09. The van der Waals surface area contributed by atoms with E-state index in [4.69, 9.17) is 10.7 Å². The van der Waals surface area contributed by atoms with Crippen molar-refractivity contribution >= 4 is 21.7 Å². The lowest BCUT2D eigenvalue weighted by atomic mass is 9.98. The highest BCUT2D eigenvalue weighted by atomic mass is 79.9. The summed E-state index contributed by atoms with van der Waals surface area (Å²) in [4.78, 5) is 7.20. The number of fused-ring (bicyclic) bond motifs is 2. The summed E-state index contributed by atoms with van der Waals surface area (Å²) in [6.45, 7) is 2.05. The van der Waals surface area contributed by atoms with E-state index in [0.29, 0.717) is 18.1 Å². The monoisotopic (exact) mass is 295 g/mol. The lowest BCUT2D eigenvalue weighted by Gasteiger charge is -2.38. The molecule has 2 aliphatic rings. The first-order valence-electron chi connectivity index (χ1n) is 6.32. The van der Waals surface area contributed by atoms with Crippen LogP contribution in [0, 0.1) is 6.92 Å². The number of rotatable bonds is 1. The van der Waals surface area contributed by atoms with Crippen molar-refractivity contribution < 1.29 is 0 Å².